The van der Waals surface area contributed by atoms with Crippen LogP contribution >= 0.6 is 11.3 Å². The van der Waals surface area contributed by atoms with Crippen molar-refractivity contribution in [3.05, 3.63) is 103 Å². The number of nitrogens with zero attached hydrogens (tertiary/aromatic N) is 2. The average Bonchev–Trinajstić information content (AvgIpc) is 3.21. The third-order valence-corrected chi connectivity index (χ3v) is 7.32. The fourth-order valence-electron chi connectivity index (χ4n) is 4.68. The predicted octanol–water partition coefficient (Wildman–Crippen LogP) is 3.97. The number of carbonyl (C=O) groups is 1. The summed E-state index contributed by atoms with van der Waals surface area (Å²) in [7, 11) is 3.19. The van der Waals surface area contributed by atoms with Crippen molar-refractivity contribution in [2.24, 2.45) is 4.99 Å². The lowest BCUT2D eigenvalue weighted by Crippen LogP contribution is -2.40. The minimum atomic E-state index is -0.774. The summed E-state index contributed by atoms with van der Waals surface area (Å²) < 4.78 is 18.6. The number of carbonyl (C=O) groups excluding carboxylic acids is 1. The van der Waals surface area contributed by atoms with Crippen molar-refractivity contribution in [2.45, 2.75) is 19.9 Å². The average molecular weight is 515 g/mol. The summed E-state index contributed by atoms with van der Waals surface area (Å²) >= 11 is 1.28. The molecule has 0 radical (unpaired) electrons. The van der Waals surface area contributed by atoms with Gasteiger partial charge in [0.05, 0.1) is 36.6 Å². The zero-order valence-electron chi connectivity index (χ0n) is 21.0. The van der Waals surface area contributed by atoms with Crippen LogP contribution in [0.25, 0.3) is 16.8 Å². The second-order valence-corrected chi connectivity index (χ2v) is 9.49. The topological polar surface area (TPSA) is 79.1 Å². The quantitative estimate of drug-likeness (QED) is 0.364. The van der Waals surface area contributed by atoms with Gasteiger partial charge in [0.25, 0.3) is 5.56 Å². The highest BCUT2D eigenvalue weighted by atomic mass is 32.1. The fraction of sp³-hybridized carbons (Fsp3) is 0.207. The van der Waals surface area contributed by atoms with Crippen LogP contribution in [0.2, 0.25) is 0 Å². The van der Waals surface area contributed by atoms with Crippen LogP contribution in [0.5, 0.6) is 11.5 Å². The number of hydrogen-bond acceptors (Lipinski definition) is 7. The normalized spacial score (nSPS) is 15.4. The van der Waals surface area contributed by atoms with E-state index in [9.17, 15) is 9.59 Å². The fourth-order valence-corrected chi connectivity index (χ4v) is 5.73. The lowest BCUT2D eigenvalue weighted by molar-refractivity contribution is -0.139. The zero-order chi connectivity index (χ0) is 26.1. The van der Waals surface area contributed by atoms with Crippen LogP contribution in [0, 0.1) is 0 Å². The lowest BCUT2D eigenvalue weighted by Gasteiger charge is -2.27. The molecule has 1 unspecified atom stereocenters. The van der Waals surface area contributed by atoms with Gasteiger partial charge in [-0.15, -0.1) is 0 Å². The highest BCUT2D eigenvalue weighted by Gasteiger charge is 2.36. The molecule has 2 heterocycles. The molecule has 5 rings (SSSR count). The molecule has 0 amide bonds. The number of thiazole rings is 1. The number of fused-ring (bicyclic) bond motifs is 2. The van der Waals surface area contributed by atoms with Gasteiger partial charge in [0.1, 0.15) is 17.5 Å². The molecule has 4 aromatic rings. The minimum Gasteiger partial charge on any atom is -0.497 e. The van der Waals surface area contributed by atoms with Gasteiger partial charge in [-0.3, -0.25) is 9.36 Å². The van der Waals surface area contributed by atoms with E-state index in [4.69, 9.17) is 14.2 Å². The molecule has 3 aromatic carbocycles. The van der Waals surface area contributed by atoms with E-state index in [2.05, 4.69) is 4.99 Å². The Morgan fingerprint density at radius 3 is 2.65 bits per heavy atom. The number of esters is 1. The molecule has 0 spiro atoms. The van der Waals surface area contributed by atoms with Crippen LogP contribution in [-0.4, -0.2) is 31.4 Å². The molecule has 1 atom stereocenters. The van der Waals surface area contributed by atoms with Crippen molar-refractivity contribution < 1.29 is 19.0 Å². The molecular weight excluding hydrogens is 488 g/mol. The highest BCUT2D eigenvalue weighted by Crippen LogP contribution is 2.40. The molecule has 1 aromatic heterocycles. The highest BCUT2D eigenvalue weighted by molar-refractivity contribution is 7.07. The van der Waals surface area contributed by atoms with Crippen molar-refractivity contribution in [3.8, 4) is 11.5 Å². The molecule has 0 aliphatic carbocycles. The molecule has 8 heteroatoms. The molecule has 1 aliphatic rings. The van der Waals surface area contributed by atoms with E-state index in [1.807, 2.05) is 66.7 Å². The minimum absolute atomic E-state index is 0.204. The van der Waals surface area contributed by atoms with E-state index < -0.39 is 12.0 Å². The molecule has 1 aliphatic heterocycles. The van der Waals surface area contributed by atoms with E-state index >= 15 is 0 Å². The summed E-state index contributed by atoms with van der Waals surface area (Å²) in [5.41, 5.74) is 2.11. The number of allylic oxidation sites excluding steroid dienone is 1. The second kappa shape index (κ2) is 10.1. The van der Waals surface area contributed by atoms with Crippen molar-refractivity contribution in [1.29, 1.82) is 0 Å². The Labute approximate surface area is 217 Å². The summed E-state index contributed by atoms with van der Waals surface area (Å²) in [6, 6.07) is 18.4. The third kappa shape index (κ3) is 4.34. The van der Waals surface area contributed by atoms with Gasteiger partial charge in [-0.2, -0.15) is 0 Å². The lowest BCUT2D eigenvalue weighted by atomic mass is 9.90. The molecule has 0 fully saturated rings. The van der Waals surface area contributed by atoms with Gasteiger partial charge in [0.15, 0.2) is 4.80 Å². The van der Waals surface area contributed by atoms with E-state index in [0.717, 1.165) is 16.3 Å². The largest absolute Gasteiger partial charge is 0.497 e. The van der Waals surface area contributed by atoms with Crippen molar-refractivity contribution in [1.82, 2.24) is 4.57 Å². The van der Waals surface area contributed by atoms with Gasteiger partial charge in [-0.05, 0) is 54.5 Å². The smallest absolute Gasteiger partial charge is 0.338 e. The number of ether oxygens (including phenoxy) is 3. The Balaban J connectivity index is 1.84. The Kier molecular flexibility index (Phi) is 6.67. The van der Waals surface area contributed by atoms with Crippen LogP contribution in [0.15, 0.2) is 81.7 Å². The summed E-state index contributed by atoms with van der Waals surface area (Å²) in [4.78, 5) is 32.4. The number of rotatable bonds is 6. The molecule has 7 nitrogen and oxygen atoms in total. The van der Waals surface area contributed by atoms with Gasteiger partial charge < -0.3 is 14.2 Å². The van der Waals surface area contributed by atoms with Crippen molar-refractivity contribution in [3.63, 3.8) is 0 Å². The van der Waals surface area contributed by atoms with Gasteiger partial charge in [0.2, 0.25) is 0 Å². The summed E-state index contributed by atoms with van der Waals surface area (Å²) in [5.74, 6) is 0.758. The van der Waals surface area contributed by atoms with E-state index in [1.165, 1.54) is 11.3 Å². The Morgan fingerprint density at radius 1 is 1.08 bits per heavy atom. The number of benzene rings is 3. The second-order valence-electron chi connectivity index (χ2n) is 8.48. The molecular formula is C29H26N2O5S. The number of methoxy groups -OCH3 is 2. The standard InChI is InChI=1S/C29H26N2O5S/c1-5-36-28(33)24-17(2)30-29-31(27(32)23(37-29)16-18-9-8-11-20(15-18)34-3)26(24)25-21-12-7-6-10-19(21)13-14-22(25)35-4/h6-16,26H,5H2,1-4H3/b23-16+. The van der Waals surface area contributed by atoms with Crippen LogP contribution < -0.4 is 24.4 Å². The van der Waals surface area contributed by atoms with Gasteiger partial charge in [-0.25, -0.2) is 9.79 Å². The third-order valence-electron chi connectivity index (χ3n) is 6.33. The van der Waals surface area contributed by atoms with Crippen molar-refractivity contribution >= 4 is 34.2 Å². The summed E-state index contributed by atoms with van der Waals surface area (Å²) in [5, 5.41) is 1.85. The molecule has 0 N–H and O–H groups in total. The van der Waals surface area contributed by atoms with Gasteiger partial charge in [-0.1, -0.05) is 53.8 Å². The molecule has 0 bridgehead atoms. The van der Waals surface area contributed by atoms with Gasteiger partial charge in [0, 0.05) is 5.56 Å². The first-order chi connectivity index (χ1) is 18.0. The van der Waals surface area contributed by atoms with Crippen molar-refractivity contribution in [2.75, 3.05) is 20.8 Å². The first-order valence-electron chi connectivity index (χ1n) is 11.9. The predicted molar refractivity (Wildman–Crippen MR) is 144 cm³/mol. The maximum absolute atomic E-state index is 14.0. The monoisotopic (exact) mass is 514 g/mol. The maximum atomic E-state index is 14.0. The van der Waals surface area contributed by atoms with E-state index in [0.29, 0.717) is 37.7 Å². The SMILES string of the molecule is CCOC(=O)C1=C(C)N=c2s/c(=C/c3cccc(OC)c3)c(=O)n2C1c1c(OC)ccc2ccccc12. The first kappa shape index (κ1) is 24.5. The molecule has 0 saturated heterocycles. The Bertz CT molecular complexity index is 1730. The molecule has 0 saturated carbocycles. The molecule has 37 heavy (non-hydrogen) atoms. The van der Waals surface area contributed by atoms with Crippen LogP contribution in [0.4, 0.5) is 0 Å². The summed E-state index contributed by atoms with van der Waals surface area (Å²) in [6.07, 6.45) is 1.81. The van der Waals surface area contributed by atoms with Crippen LogP contribution in [0.3, 0.4) is 0 Å². The Hall–Kier alpha value is -4.17. The van der Waals surface area contributed by atoms with Crippen LogP contribution in [-0.2, 0) is 9.53 Å². The zero-order valence-corrected chi connectivity index (χ0v) is 21.8. The number of aromatic nitrogens is 1. The number of hydrogen-bond donors (Lipinski definition) is 0. The van der Waals surface area contributed by atoms with Crippen LogP contribution in [0.1, 0.15) is 31.0 Å². The Morgan fingerprint density at radius 2 is 1.89 bits per heavy atom. The molecule has 188 valence electrons. The van der Waals surface area contributed by atoms with E-state index in [-0.39, 0.29) is 12.2 Å². The van der Waals surface area contributed by atoms with E-state index in [1.54, 1.807) is 32.6 Å². The maximum Gasteiger partial charge on any atom is 0.338 e. The first-order valence-corrected chi connectivity index (χ1v) is 12.7. The summed E-state index contributed by atoms with van der Waals surface area (Å²) in [6.45, 7) is 3.73. The van der Waals surface area contributed by atoms with Gasteiger partial charge >= 0.3 is 5.97 Å².